The second kappa shape index (κ2) is 11.6. The van der Waals surface area contributed by atoms with Crippen molar-refractivity contribution in [2.75, 3.05) is 45.0 Å². The van der Waals surface area contributed by atoms with Crippen molar-refractivity contribution in [1.29, 1.82) is 0 Å². The Labute approximate surface area is 260 Å². The maximum absolute atomic E-state index is 14.0. The van der Waals surface area contributed by atoms with Gasteiger partial charge in [0.2, 0.25) is 11.7 Å². The van der Waals surface area contributed by atoms with Gasteiger partial charge in [-0.15, -0.1) is 17.0 Å². The Morgan fingerprint density at radius 1 is 1.12 bits per heavy atom. The number of phenols is 1. The largest absolute Gasteiger partial charge is 0.508 e. The van der Waals surface area contributed by atoms with E-state index >= 15 is 0 Å². The van der Waals surface area contributed by atoms with Crippen molar-refractivity contribution in [3.63, 3.8) is 0 Å². The molecule has 0 aliphatic heterocycles. The van der Waals surface area contributed by atoms with Gasteiger partial charge >= 0.3 is 0 Å². The minimum atomic E-state index is -2.73. The third-order valence-corrected chi connectivity index (χ3v) is 8.23. The van der Waals surface area contributed by atoms with Crippen LogP contribution in [0.5, 0.6) is 5.75 Å². The summed E-state index contributed by atoms with van der Waals surface area (Å²) in [6.45, 7) is 5.62. The van der Waals surface area contributed by atoms with Crippen molar-refractivity contribution in [2.24, 2.45) is 17.6 Å². The molecule has 3 aliphatic carbocycles. The van der Waals surface area contributed by atoms with Crippen LogP contribution in [0.3, 0.4) is 0 Å². The lowest BCUT2D eigenvalue weighted by Gasteiger charge is -2.50. The molecule has 1 aromatic rings. The number of nitrogens with one attached hydrogen (secondary N) is 2. The monoisotopic (exact) mass is 665 g/mol. The van der Waals surface area contributed by atoms with Gasteiger partial charge in [-0.2, -0.15) is 0 Å². The quantitative estimate of drug-likeness (QED) is 0.168. The van der Waals surface area contributed by atoms with E-state index in [1.165, 1.54) is 4.90 Å². The van der Waals surface area contributed by atoms with Gasteiger partial charge in [0.05, 0.1) is 23.8 Å². The Balaban J connectivity index is 0.00000506. The molecule has 0 spiro atoms. The lowest BCUT2D eigenvalue weighted by molar-refractivity contribution is -0.153. The number of carbonyl (C=O) groups excluding carboxylic acids is 4. The molecule has 1 saturated carbocycles. The molecule has 4 rings (SSSR count). The highest BCUT2D eigenvalue weighted by Crippen LogP contribution is 2.54. The molecule has 4 atom stereocenters. The van der Waals surface area contributed by atoms with E-state index in [0.717, 1.165) is 0 Å². The van der Waals surface area contributed by atoms with E-state index in [2.05, 4.69) is 10.6 Å². The number of primary amides is 1. The number of likely N-dealkylation sites (N-methyl/N-ethyl adjacent to an activating group) is 1. The van der Waals surface area contributed by atoms with Crippen LogP contribution in [-0.4, -0.2) is 101 Å². The Kier molecular flexibility index (Phi) is 9.15. The van der Waals surface area contributed by atoms with E-state index in [9.17, 15) is 39.6 Å². The molecule has 2 amide bonds. The number of halogens is 1. The number of aliphatic hydroxyl groups is 3. The van der Waals surface area contributed by atoms with Crippen LogP contribution >= 0.6 is 17.0 Å². The molecule has 0 aromatic heterocycles. The molecule has 1 fully saturated rings. The van der Waals surface area contributed by atoms with Crippen LogP contribution in [0.2, 0.25) is 0 Å². The molecule has 0 bridgehead atoms. The number of carbonyl (C=O) groups is 4. The number of fused-ring (bicyclic) bond motifs is 3. The van der Waals surface area contributed by atoms with Gasteiger partial charge in [-0.05, 0) is 65.3 Å². The molecule has 1 aromatic carbocycles. The zero-order valence-electron chi connectivity index (χ0n) is 25.2. The molecule has 43 heavy (non-hydrogen) atoms. The van der Waals surface area contributed by atoms with Gasteiger partial charge in [-0.3, -0.25) is 24.1 Å². The van der Waals surface area contributed by atoms with Crippen molar-refractivity contribution in [2.45, 2.75) is 50.8 Å². The van der Waals surface area contributed by atoms with E-state index in [0.29, 0.717) is 11.3 Å². The Morgan fingerprint density at radius 2 is 1.72 bits per heavy atom. The number of ketones is 2. The fraction of sp³-hybridized carbons (Fsp3) is 0.517. The molecule has 2 unspecified atom stereocenters. The van der Waals surface area contributed by atoms with E-state index < -0.39 is 69.7 Å². The molecule has 236 valence electrons. The van der Waals surface area contributed by atoms with Crippen molar-refractivity contribution in [3.8, 4) is 5.75 Å². The van der Waals surface area contributed by atoms with Crippen LogP contribution in [0.1, 0.15) is 38.3 Å². The van der Waals surface area contributed by atoms with Gasteiger partial charge in [-0.25, -0.2) is 0 Å². The highest BCUT2D eigenvalue weighted by molar-refractivity contribution is 8.93. The average molecular weight is 667 g/mol. The van der Waals surface area contributed by atoms with Gasteiger partial charge in [-0.1, -0.05) is 0 Å². The molecular weight excluding hydrogens is 626 g/mol. The van der Waals surface area contributed by atoms with Crippen molar-refractivity contribution < 1.29 is 39.6 Å². The predicted molar refractivity (Wildman–Crippen MR) is 165 cm³/mol. The number of rotatable bonds is 6. The summed E-state index contributed by atoms with van der Waals surface area (Å²) in [5.41, 5.74) is 2.11. The summed E-state index contributed by atoms with van der Waals surface area (Å²) in [6.07, 6.45) is 0.117. The highest BCUT2D eigenvalue weighted by Gasteiger charge is 2.64. The fourth-order valence-corrected chi connectivity index (χ4v) is 6.33. The SMILES string of the molecule is Br.CN(C)c1cc(NC(=O)CNC(C)(C)C)c(O)c2c1CC1CC3[C@H](N(C)C)C(=O)C(C(N)=O)=C(O)[C@@]3(O)C(=O)C1=C2O. The summed E-state index contributed by atoms with van der Waals surface area (Å²) in [6, 6.07) is 0.409. The summed E-state index contributed by atoms with van der Waals surface area (Å²) in [7, 11) is 6.58. The summed E-state index contributed by atoms with van der Waals surface area (Å²) in [5.74, 6) is -7.79. The number of nitrogens with zero attached hydrogens (tertiary/aromatic N) is 2. The fourth-order valence-electron chi connectivity index (χ4n) is 6.33. The number of anilines is 2. The second-order valence-corrected chi connectivity index (χ2v) is 12.7. The normalized spacial score (nSPS) is 25.1. The molecule has 13 nitrogen and oxygen atoms in total. The maximum Gasteiger partial charge on any atom is 0.255 e. The number of hydrogen-bond donors (Lipinski definition) is 7. The Bertz CT molecular complexity index is 1460. The van der Waals surface area contributed by atoms with Crippen LogP contribution in [0.25, 0.3) is 5.76 Å². The molecule has 3 aliphatic rings. The summed E-state index contributed by atoms with van der Waals surface area (Å²) in [5, 5.41) is 51.3. The van der Waals surface area contributed by atoms with Crippen LogP contribution in [0, 0.1) is 11.8 Å². The third kappa shape index (κ3) is 5.52. The molecule has 0 radical (unpaired) electrons. The minimum absolute atomic E-state index is 0. The first-order valence-electron chi connectivity index (χ1n) is 13.6. The van der Waals surface area contributed by atoms with Crippen molar-refractivity contribution in [3.05, 3.63) is 34.1 Å². The van der Waals surface area contributed by atoms with E-state index in [1.807, 2.05) is 20.8 Å². The third-order valence-electron chi connectivity index (χ3n) is 8.23. The van der Waals surface area contributed by atoms with Gasteiger partial charge in [0, 0.05) is 36.8 Å². The van der Waals surface area contributed by atoms with Crippen LogP contribution in [0.15, 0.2) is 23.0 Å². The first kappa shape index (κ1) is 34.0. The number of hydrogen-bond acceptors (Lipinski definition) is 11. The van der Waals surface area contributed by atoms with Gasteiger partial charge in [0.15, 0.2) is 11.4 Å². The van der Waals surface area contributed by atoms with Crippen LogP contribution < -0.4 is 21.3 Å². The molecule has 8 N–H and O–H groups in total. The molecule has 0 saturated heterocycles. The summed E-state index contributed by atoms with van der Waals surface area (Å²) >= 11 is 0. The lowest BCUT2D eigenvalue weighted by atomic mass is 9.57. The number of Topliss-reactive ketones (excluding diaryl/α,β-unsaturated/α-hetero) is 2. The molecular formula is C29H40BrN5O8. The van der Waals surface area contributed by atoms with Crippen molar-refractivity contribution in [1.82, 2.24) is 10.2 Å². The average Bonchev–Trinajstić information content (AvgIpc) is 2.85. The first-order valence-corrected chi connectivity index (χ1v) is 13.6. The number of nitrogens with two attached hydrogens (primary N) is 1. The number of aliphatic hydroxyl groups excluding tert-OH is 2. The lowest BCUT2D eigenvalue weighted by Crippen LogP contribution is -2.65. The Morgan fingerprint density at radius 3 is 2.23 bits per heavy atom. The number of aromatic hydroxyl groups is 1. The van der Waals surface area contributed by atoms with Crippen LogP contribution in [-0.2, 0) is 25.6 Å². The molecule has 0 heterocycles. The van der Waals surface area contributed by atoms with Crippen LogP contribution in [0.4, 0.5) is 11.4 Å². The summed E-state index contributed by atoms with van der Waals surface area (Å²) in [4.78, 5) is 55.3. The smallest absolute Gasteiger partial charge is 0.255 e. The first-order chi connectivity index (χ1) is 19.3. The predicted octanol–water partition coefficient (Wildman–Crippen LogP) is 0.935. The zero-order valence-corrected chi connectivity index (χ0v) is 26.9. The Hall–Kier alpha value is -3.46. The standard InChI is InChI=1S/C29H39N5O8.BrH/c1-28(2,3)31-11-17(35)32-15-10-16(33(4)5)13-8-12-9-14-21(34(6)7)24(38)20(27(30)41)26(40)29(14,42)25(39)18(12)23(37)19(13)22(15)36;/h10,12,14,21,31,36-37,40,42H,8-9,11H2,1-7H3,(H2,30,41)(H,32,35);1H/t12?,14?,21-,29-;/m0./s1. The summed E-state index contributed by atoms with van der Waals surface area (Å²) < 4.78 is 0. The molecule has 14 heteroatoms. The van der Waals surface area contributed by atoms with E-state index in [4.69, 9.17) is 5.73 Å². The zero-order chi connectivity index (χ0) is 31.6. The highest BCUT2D eigenvalue weighted by atomic mass is 79.9. The van der Waals surface area contributed by atoms with Gasteiger partial charge in [0.25, 0.3) is 5.91 Å². The topological polar surface area (TPSA) is 206 Å². The maximum atomic E-state index is 14.0. The number of amides is 2. The number of benzene rings is 1. The number of phenolic OH excluding ortho intramolecular Hbond substituents is 1. The van der Waals surface area contributed by atoms with Crippen molar-refractivity contribution >= 4 is 57.5 Å². The van der Waals surface area contributed by atoms with E-state index in [1.54, 1.807) is 39.2 Å². The second-order valence-electron chi connectivity index (χ2n) is 12.7. The van der Waals surface area contributed by atoms with Gasteiger partial charge in [0.1, 0.15) is 22.8 Å². The van der Waals surface area contributed by atoms with E-state index in [-0.39, 0.29) is 58.7 Å². The minimum Gasteiger partial charge on any atom is -0.508 e. The van der Waals surface area contributed by atoms with Gasteiger partial charge < -0.3 is 41.7 Å².